The van der Waals surface area contributed by atoms with Crippen LogP contribution in [0.4, 0.5) is 5.69 Å². The second-order valence-electron chi connectivity index (χ2n) is 6.28. The third kappa shape index (κ3) is 6.04. The molecule has 0 saturated heterocycles. The Hall–Kier alpha value is -1.75. The van der Waals surface area contributed by atoms with Gasteiger partial charge in [0.05, 0.1) is 5.92 Å². The first-order valence-corrected chi connectivity index (χ1v) is 7.03. The van der Waals surface area contributed by atoms with E-state index in [1.54, 1.807) is 0 Å². The highest BCUT2D eigenvalue weighted by Gasteiger charge is 2.25. The number of nitrogens with two attached hydrogens (primary N) is 1. The molecule has 1 aromatic rings. The molecule has 1 amide bonds. The summed E-state index contributed by atoms with van der Waals surface area (Å²) < 4.78 is 0. The maximum atomic E-state index is 12.0. The number of hydrogen-bond donors (Lipinski definition) is 3. The van der Waals surface area contributed by atoms with Gasteiger partial charge in [0.15, 0.2) is 0 Å². The minimum absolute atomic E-state index is 0.0673. The van der Waals surface area contributed by atoms with Crippen LogP contribution in [0.25, 0.3) is 0 Å². The fourth-order valence-corrected chi connectivity index (χ4v) is 2.29. The van der Waals surface area contributed by atoms with Crippen molar-refractivity contribution in [2.45, 2.75) is 27.2 Å². The molecule has 0 saturated carbocycles. The Morgan fingerprint density at radius 2 is 1.95 bits per heavy atom. The van der Waals surface area contributed by atoms with E-state index in [1.807, 2.05) is 20.8 Å². The molecule has 0 aliphatic carbocycles. The van der Waals surface area contributed by atoms with Crippen molar-refractivity contribution in [3.8, 4) is 0 Å². The first kappa shape index (κ1) is 17.3. The van der Waals surface area contributed by atoms with Crippen LogP contribution in [0.1, 0.15) is 37.6 Å². The number of carboxylic acid groups (broad SMARTS) is 1. The summed E-state index contributed by atoms with van der Waals surface area (Å²) in [6.45, 7) is 5.95. The monoisotopic (exact) mass is 312 g/mol. The number of amides is 1. The number of halogens is 1. The molecule has 4 N–H and O–H groups in total. The SMILES string of the molecule is CC(C)(C)CC(CNC(=O)c1cc(N)cc(Cl)c1)C(=O)O. The Balaban J connectivity index is 2.71. The zero-order chi connectivity index (χ0) is 16.2. The molecule has 0 aliphatic heterocycles. The fraction of sp³-hybridized carbons (Fsp3) is 0.467. The molecule has 0 aromatic heterocycles. The summed E-state index contributed by atoms with van der Waals surface area (Å²) in [5, 5.41) is 12.2. The number of benzene rings is 1. The number of carbonyl (C=O) groups is 2. The second kappa shape index (κ2) is 6.80. The molecule has 21 heavy (non-hydrogen) atoms. The lowest BCUT2D eigenvalue weighted by Gasteiger charge is -2.23. The predicted molar refractivity (Wildman–Crippen MR) is 83.4 cm³/mol. The van der Waals surface area contributed by atoms with Gasteiger partial charge in [-0.1, -0.05) is 32.4 Å². The van der Waals surface area contributed by atoms with Crippen LogP contribution in [0, 0.1) is 11.3 Å². The molecule has 1 atom stereocenters. The average molecular weight is 313 g/mol. The van der Waals surface area contributed by atoms with E-state index in [1.165, 1.54) is 18.2 Å². The Labute approximate surface area is 129 Å². The van der Waals surface area contributed by atoms with Crippen molar-refractivity contribution < 1.29 is 14.7 Å². The average Bonchev–Trinajstić information content (AvgIpc) is 2.31. The normalized spacial score (nSPS) is 12.8. The van der Waals surface area contributed by atoms with Crippen LogP contribution in [0.2, 0.25) is 5.02 Å². The first-order chi connectivity index (χ1) is 9.58. The highest BCUT2D eigenvalue weighted by Crippen LogP contribution is 2.24. The molecule has 1 unspecified atom stereocenters. The molecule has 0 aliphatic rings. The Bertz CT molecular complexity index is 518. The highest BCUT2D eigenvalue weighted by atomic mass is 35.5. The number of rotatable bonds is 5. The van der Waals surface area contributed by atoms with Crippen LogP contribution in [0.3, 0.4) is 0 Å². The Kier molecular flexibility index (Phi) is 5.61. The first-order valence-electron chi connectivity index (χ1n) is 6.65. The predicted octanol–water partition coefficient (Wildman–Crippen LogP) is 2.79. The summed E-state index contributed by atoms with van der Waals surface area (Å²) in [4.78, 5) is 23.3. The zero-order valence-electron chi connectivity index (χ0n) is 12.4. The Morgan fingerprint density at radius 1 is 1.33 bits per heavy atom. The number of aliphatic carboxylic acids is 1. The van der Waals surface area contributed by atoms with E-state index in [0.29, 0.717) is 22.7 Å². The molecule has 0 spiro atoms. The molecule has 1 aromatic carbocycles. The van der Waals surface area contributed by atoms with Gasteiger partial charge in [-0.3, -0.25) is 9.59 Å². The summed E-state index contributed by atoms with van der Waals surface area (Å²) >= 11 is 5.84. The van der Waals surface area contributed by atoms with E-state index in [0.717, 1.165) is 0 Å². The van der Waals surface area contributed by atoms with Crippen molar-refractivity contribution in [3.05, 3.63) is 28.8 Å². The van der Waals surface area contributed by atoms with Gasteiger partial charge in [-0.15, -0.1) is 0 Å². The van der Waals surface area contributed by atoms with E-state index in [9.17, 15) is 14.7 Å². The summed E-state index contributed by atoms with van der Waals surface area (Å²) in [5.74, 6) is -1.94. The van der Waals surface area contributed by atoms with Crippen LogP contribution >= 0.6 is 11.6 Å². The lowest BCUT2D eigenvalue weighted by molar-refractivity contribution is -0.142. The standard InChI is InChI=1S/C15H21ClN2O3/c1-15(2,3)7-10(14(20)21)8-18-13(19)9-4-11(16)6-12(17)5-9/h4-6,10H,7-8,17H2,1-3H3,(H,18,19)(H,20,21). The molecule has 6 heteroatoms. The number of nitrogen functional groups attached to an aromatic ring is 1. The second-order valence-corrected chi connectivity index (χ2v) is 6.72. The summed E-state index contributed by atoms with van der Waals surface area (Å²) in [7, 11) is 0. The number of hydrogen-bond acceptors (Lipinski definition) is 3. The van der Waals surface area contributed by atoms with Crippen molar-refractivity contribution >= 4 is 29.2 Å². The van der Waals surface area contributed by atoms with Crippen molar-refractivity contribution in [1.29, 1.82) is 0 Å². The maximum Gasteiger partial charge on any atom is 0.308 e. The summed E-state index contributed by atoms with van der Waals surface area (Å²) in [5.41, 5.74) is 6.20. The Morgan fingerprint density at radius 3 is 2.43 bits per heavy atom. The molecule has 1 rings (SSSR count). The van der Waals surface area contributed by atoms with Gasteiger partial charge in [-0.2, -0.15) is 0 Å². The quantitative estimate of drug-likeness (QED) is 0.729. The minimum Gasteiger partial charge on any atom is -0.481 e. The van der Waals surface area contributed by atoms with Crippen molar-refractivity contribution in [3.63, 3.8) is 0 Å². The molecule has 0 radical (unpaired) electrons. The largest absolute Gasteiger partial charge is 0.481 e. The van der Waals surface area contributed by atoms with Crippen LogP contribution < -0.4 is 11.1 Å². The molecular formula is C15H21ClN2O3. The van der Waals surface area contributed by atoms with Gasteiger partial charge in [-0.25, -0.2) is 0 Å². The topological polar surface area (TPSA) is 92.4 Å². The number of carboxylic acids is 1. The van der Waals surface area contributed by atoms with Gasteiger partial charge in [0, 0.05) is 22.8 Å². The van der Waals surface area contributed by atoms with E-state index in [2.05, 4.69) is 5.32 Å². The maximum absolute atomic E-state index is 12.0. The molecular weight excluding hydrogens is 292 g/mol. The van der Waals surface area contributed by atoms with Gasteiger partial charge in [0.1, 0.15) is 0 Å². The molecule has 0 fully saturated rings. The van der Waals surface area contributed by atoms with Crippen LogP contribution in [-0.4, -0.2) is 23.5 Å². The molecule has 0 heterocycles. The zero-order valence-corrected chi connectivity index (χ0v) is 13.2. The van der Waals surface area contributed by atoms with Gasteiger partial charge >= 0.3 is 5.97 Å². The third-order valence-electron chi connectivity index (χ3n) is 2.90. The number of anilines is 1. The lowest BCUT2D eigenvalue weighted by atomic mass is 9.84. The van der Waals surface area contributed by atoms with Crippen molar-refractivity contribution in [2.75, 3.05) is 12.3 Å². The fourth-order valence-electron chi connectivity index (χ4n) is 2.05. The minimum atomic E-state index is -0.921. The smallest absolute Gasteiger partial charge is 0.308 e. The third-order valence-corrected chi connectivity index (χ3v) is 3.12. The summed E-state index contributed by atoms with van der Waals surface area (Å²) in [6.07, 6.45) is 0.473. The van der Waals surface area contributed by atoms with Gasteiger partial charge in [0.25, 0.3) is 5.91 Å². The van der Waals surface area contributed by atoms with Crippen molar-refractivity contribution in [1.82, 2.24) is 5.32 Å². The lowest BCUT2D eigenvalue weighted by Crippen LogP contribution is -2.35. The van der Waals surface area contributed by atoms with E-state index in [-0.39, 0.29) is 17.9 Å². The van der Waals surface area contributed by atoms with Crippen LogP contribution in [-0.2, 0) is 4.79 Å². The molecule has 5 nitrogen and oxygen atoms in total. The van der Waals surface area contributed by atoms with E-state index >= 15 is 0 Å². The summed E-state index contributed by atoms with van der Waals surface area (Å²) in [6, 6.07) is 4.53. The molecule has 116 valence electrons. The number of nitrogens with one attached hydrogen (secondary N) is 1. The van der Waals surface area contributed by atoms with Crippen molar-refractivity contribution in [2.24, 2.45) is 11.3 Å². The van der Waals surface area contributed by atoms with Gasteiger partial charge < -0.3 is 16.2 Å². The van der Waals surface area contributed by atoms with Gasteiger partial charge in [-0.05, 0) is 30.0 Å². The van der Waals surface area contributed by atoms with Crippen LogP contribution in [0.15, 0.2) is 18.2 Å². The highest BCUT2D eigenvalue weighted by molar-refractivity contribution is 6.31. The van der Waals surface area contributed by atoms with Gasteiger partial charge in [0.2, 0.25) is 0 Å². The number of carbonyl (C=O) groups excluding carboxylic acids is 1. The van der Waals surface area contributed by atoms with Crippen LogP contribution in [0.5, 0.6) is 0 Å². The van der Waals surface area contributed by atoms with E-state index in [4.69, 9.17) is 17.3 Å². The molecule has 0 bridgehead atoms. The van der Waals surface area contributed by atoms with E-state index < -0.39 is 11.9 Å².